The Morgan fingerprint density at radius 3 is 0.611 bits per heavy atom. The summed E-state index contributed by atoms with van der Waals surface area (Å²) >= 11 is 25.6. The Hall–Kier alpha value is -2.76. The monoisotopic (exact) mass is 560 g/mol. The number of phenols is 4. The minimum Gasteiger partial charge on any atom is -0.507 e. The van der Waals surface area contributed by atoms with Gasteiger partial charge in [0.2, 0.25) is 0 Å². The number of aromatic hydroxyl groups is 4. The number of hydrogen-bond acceptors (Lipinski definition) is 4. The molecule has 36 heavy (non-hydrogen) atoms. The molecule has 0 saturated carbocycles. The van der Waals surface area contributed by atoms with Gasteiger partial charge in [-0.15, -0.1) is 0 Å². The van der Waals surface area contributed by atoms with Crippen LogP contribution in [-0.2, 0) is 25.7 Å². The van der Waals surface area contributed by atoms with Crippen molar-refractivity contribution in [2.24, 2.45) is 0 Å². The summed E-state index contributed by atoms with van der Waals surface area (Å²) in [5.74, 6) is 0.0111. The number of fused-ring (bicyclic) bond motifs is 8. The highest BCUT2D eigenvalue weighted by atomic mass is 35.5. The molecular formula is C28H20Cl4O4. The second-order valence-corrected chi connectivity index (χ2v) is 10.7. The van der Waals surface area contributed by atoms with Crippen LogP contribution in [0.4, 0.5) is 0 Å². The van der Waals surface area contributed by atoms with E-state index in [0.717, 1.165) is 0 Å². The molecule has 0 unspecified atom stereocenters. The van der Waals surface area contributed by atoms with Gasteiger partial charge >= 0.3 is 0 Å². The molecule has 4 N–H and O–H groups in total. The molecule has 4 nitrogen and oxygen atoms in total. The first-order chi connectivity index (χ1) is 17.1. The minimum atomic E-state index is 0.00277. The summed E-state index contributed by atoms with van der Waals surface area (Å²) in [5, 5.41) is 46.0. The van der Waals surface area contributed by atoms with Gasteiger partial charge in [0.05, 0.1) is 0 Å². The summed E-state index contributed by atoms with van der Waals surface area (Å²) in [6.07, 6.45) is 0.605. The maximum Gasteiger partial charge on any atom is 0.122 e. The Labute approximate surface area is 227 Å². The second-order valence-electron chi connectivity index (χ2n) is 9.00. The zero-order valence-electron chi connectivity index (χ0n) is 18.7. The van der Waals surface area contributed by atoms with Crippen LogP contribution >= 0.6 is 46.4 Å². The van der Waals surface area contributed by atoms with Crippen molar-refractivity contribution in [3.8, 4) is 23.0 Å². The molecular weight excluding hydrogens is 542 g/mol. The van der Waals surface area contributed by atoms with E-state index in [1.54, 1.807) is 48.5 Å². The predicted octanol–water partition coefficient (Wildman–Crippen LogP) is 7.80. The van der Waals surface area contributed by atoms with Crippen LogP contribution in [0.1, 0.15) is 44.5 Å². The second kappa shape index (κ2) is 9.60. The van der Waals surface area contributed by atoms with Gasteiger partial charge in [-0.2, -0.15) is 0 Å². The van der Waals surface area contributed by atoms with Gasteiger partial charge in [-0.1, -0.05) is 46.4 Å². The highest BCUT2D eigenvalue weighted by Gasteiger charge is 2.21. The van der Waals surface area contributed by atoms with E-state index in [1.807, 2.05) is 0 Å². The van der Waals surface area contributed by atoms with E-state index in [-0.39, 0.29) is 48.7 Å². The maximum absolute atomic E-state index is 11.1. The lowest BCUT2D eigenvalue weighted by molar-refractivity contribution is 0.450. The molecule has 1 aliphatic rings. The Bertz CT molecular complexity index is 1210. The maximum atomic E-state index is 11.1. The summed E-state index contributed by atoms with van der Waals surface area (Å²) in [4.78, 5) is 0. The van der Waals surface area contributed by atoms with Crippen molar-refractivity contribution in [3.63, 3.8) is 0 Å². The van der Waals surface area contributed by atoms with E-state index in [4.69, 9.17) is 46.4 Å². The number of hydrogen-bond donors (Lipinski definition) is 4. The molecule has 0 heterocycles. The fraction of sp³-hybridized carbons (Fsp3) is 0.143. The van der Waals surface area contributed by atoms with E-state index in [9.17, 15) is 20.4 Å². The molecule has 184 valence electrons. The first kappa shape index (κ1) is 24.9. The smallest absolute Gasteiger partial charge is 0.122 e. The van der Waals surface area contributed by atoms with Crippen molar-refractivity contribution in [3.05, 3.63) is 113 Å². The van der Waals surface area contributed by atoms with Crippen molar-refractivity contribution < 1.29 is 20.4 Å². The molecule has 0 atom stereocenters. The predicted molar refractivity (Wildman–Crippen MR) is 144 cm³/mol. The number of halogens is 4. The standard InChI is InChI=1S/C28H20Cl4O4/c29-21-5-13-1-14-6-22(30)8-16(26(14)34)3-18-10-24(32)12-20(28(18)36)4-19-11-23(31)9-17(27(19)35)2-15(7-21)25(13)33/h5-12,33-36H,1-4H2. The SMILES string of the molecule is Oc1c2cc(Cl)cc1Cc1cc(Cl)cc(c1O)Cc1cc(Cl)cc(c1O)Cc1cc(Cl)cc(c1O)C2. The Balaban J connectivity index is 1.78. The first-order valence-corrected chi connectivity index (χ1v) is 12.6. The van der Waals surface area contributed by atoms with Crippen molar-refractivity contribution in [1.82, 2.24) is 0 Å². The molecule has 0 radical (unpaired) electrons. The van der Waals surface area contributed by atoms with Gasteiger partial charge < -0.3 is 20.4 Å². The Morgan fingerprint density at radius 1 is 0.333 bits per heavy atom. The third kappa shape index (κ3) is 4.79. The zero-order valence-corrected chi connectivity index (χ0v) is 21.8. The molecule has 4 aromatic carbocycles. The third-order valence-electron chi connectivity index (χ3n) is 6.45. The van der Waals surface area contributed by atoms with Crippen molar-refractivity contribution in [1.29, 1.82) is 0 Å². The average Bonchev–Trinajstić information content (AvgIpc) is 2.80. The summed E-state index contributed by atoms with van der Waals surface area (Å²) in [6.45, 7) is 0. The van der Waals surface area contributed by atoms with Crippen LogP contribution in [0.5, 0.6) is 23.0 Å². The number of benzene rings is 4. The average molecular weight is 562 g/mol. The van der Waals surface area contributed by atoms with Gasteiger partial charge in [0, 0.05) is 90.3 Å². The summed E-state index contributed by atoms with van der Waals surface area (Å²) in [5.41, 5.74) is 3.91. The lowest BCUT2D eigenvalue weighted by Crippen LogP contribution is -2.01. The molecule has 8 heteroatoms. The van der Waals surface area contributed by atoms with Crippen LogP contribution in [-0.4, -0.2) is 20.4 Å². The first-order valence-electron chi connectivity index (χ1n) is 11.1. The van der Waals surface area contributed by atoms with Gasteiger partial charge in [0.15, 0.2) is 0 Å². The van der Waals surface area contributed by atoms with Gasteiger partial charge in [-0.3, -0.25) is 0 Å². The minimum absolute atomic E-state index is 0.00277. The largest absolute Gasteiger partial charge is 0.507 e. The Kier molecular flexibility index (Phi) is 6.65. The van der Waals surface area contributed by atoms with Crippen LogP contribution in [0.25, 0.3) is 0 Å². The molecule has 0 fully saturated rings. The van der Waals surface area contributed by atoms with Crippen molar-refractivity contribution >= 4 is 46.4 Å². The number of rotatable bonds is 0. The fourth-order valence-electron chi connectivity index (χ4n) is 4.77. The van der Waals surface area contributed by atoms with Crippen LogP contribution in [0.15, 0.2) is 48.5 Å². The van der Waals surface area contributed by atoms with Gasteiger partial charge in [-0.25, -0.2) is 0 Å². The quantitative estimate of drug-likeness (QED) is 0.155. The summed E-state index contributed by atoms with van der Waals surface area (Å²) < 4.78 is 0. The highest BCUT2D eigenvalue weighted by Crippen LogP contribution is 2.40. The van der Waals surface area contributed by atoms with Crippen LogP contribution in [0.3, 0.4) is 0 Å². The molecule has 0 saturated heterocycles. The van der Waals surface area contributed by atoms with E-state index in [1.165, 1.54) is 0 Å². The summed E-state index contributed by atoms with van der Waals surface area (Å²) in [7, 11) is 0. The third-order valence-corrected chi connectivity index (χ3v) is 7.33. The van der Waals surface area contributed by atoms with E-state index in [2.05, 4.69) is 0 Å². The van der Waals surface area contributed by atoms with Gasteiger partial charge in [-0.05, 0) is 48.5 Å². The van der Waals surface area contributed by atoms with Crippen LogP contribution in [0, 0.1) is 0 Å². The fourth-order valence-corrected chi connectivity index (χ4v) is 5.82. The normalized spacial score (nSPS) is 13.0. The Morgan fingerprint density at radius 2 is 0.472 bits per heavy atom. The van der Waals surface area contributed by atoms with Gasteiger partial charge in [0.1, 0.15) is 23.0 Å². The summed E-state index contributed by atoms with van der Waals surface area (Å²) in [6, 6.07) is 13.0. The number of phenolic OH excluding ortho intramolecular Hbond substituents is 4. The van der Waals surface area contributed by atoms with E-state index < -0.39 is 0 Å². The lowest BCUT2D eigenvalue weighted by Gasteiger charge is -2.18. The molecule has 0 amide bonds. The molecule has 8 bridgehead atoms. The molecule has 4 aromatic rings. The molecule has 1 aliphatic carbocycles. The topological polar surface area (TPSA) is 80.9 Å². The van der Waals surface area contributed by atoms with Crippen molar-refractivity contribution in [2.75, 3.05) is 0 Å². The molecule has 0 aliphatic heterocycles. The lowest BCUT2D eigenvalue weighted by atomic mass is 9.91. The van der Waals surface area contributed by atoms with E-state index >= 15 is 0 Å². The molecule has 5 rings (SSSR count). The molecule has 0 spiro atoms. The zero-order chi connectivity index (χ0) is 25.7. The van der Waals surface area contributed by atoms with E-state index in [0.29, 0.717) is 64.6 Å². The molecule has 0 aromatic heterocycles. The van der Waals surface area contributed by atoms with Crippen LogP contribution < -0.4 is 0 Å². The highest BCUT2D eigenvalue weighted by molar-refractivity contribution is 6.31. The van der Waals surface area contributed by atoms with Gasteiger partial charge in [0.25, 0.3) is 0 Å². The van der Waals surface area contributed by atoms with Crippen LogP contribution in [0.2, 0.25) is 20.1 Å². The van der Waals surface area contributed by atoms with Crippen molar-refractivity contribution in [2.45, 2.75) is 25.7 Å².